The molecule has 0 spiro atoms. The van der Waals surface area contributed by atoms with Crippen molar-refractivity contribution in [3.63, 3.8) is 0 Å². The van der Waals surface area contributed by atoms with Gasteiger partial charge in [-0.1, -0.05) is 23.4 Å². The number of pyridine rings is 1. The highest BCUT2D eigenvalue weighted by Gasteiger charge is 2.31. The third-order valence-electron chi connectivity index (χ3n) is 4.55. The Morgan fingerprint density at radius 3 is 2.77 bits per heavy atom. The lowest BCUT2D eigenvalue weighted by molar-refractivity contribution is -0.672. The molecule has 0 radical (unpaired) electrons. The van der Waals surface area contributed by atoms with Crippen molar-refractivity contribution < 1.29 is 27.3 Å². The number of hydrogen-bond donors (Lipinski definition) is 0. The topological polar surface area (TPSA) is 56.2 Å². The highest BCUT2D eigenvalue weighted by Crippen LogP contribution is 2.31. The quantitative estimate of drug-likeness (QED) is 0.233. The van der Waals surface area contributed by atoms with Crippen molar-refractivity contribution in [1.29, 1.82) is 0 Å². The zero-order valence-electron chi connectivity index (χ0n) is 17.2. The van der Waals surface area contributed by atoms with E-state index >= 15 is 0 Å². The smallest absolute Gasteiger partial charge is 0.364 e. The van der Waals surface area contributed by atoms with Crippen LogP contribution in [0.3, 0.4) is 0 Å². The van der Waals surface area contributed by atoms with Crippen LogP contribution in [-0.4, -0.2) is 23.5 Å². The predicted molar refractivity (Wildman–Crippen MR) is 110 cm³/mol. The summed E-state index contributed by atoms with van der Waals surface area (Å²) in [5, 5.41) is 3.86. The van der Waals surface area contributed by atoms with Gasteiger partial charge in [-0.05, 0) is 30.7 Å². The highest BCUT2D eigenvalue weighted by atomic mass is 19.4. The van der Waals surface area contributed by atoms with Crippen molar-refractivity contribution in [2.24, 2.45) is 5.16 Å². The Labute approximate surface area is 177 Å². The summed E-state index contributed by atoms with van der Waals surface area (Å²) in [6.07, 6.45) is 0.272. The van der Waals surface area contributed by atoms with Crippen molar-refractivity contribution in [2.45, 2.75) is 39.3 Å². The minimum absolute atomic E-state index is 0.174. The molecule has 1 unspecified atom stereocenters. The average molecular weight is 434 g/mol. The molecular weight excluding hydrogens is 411 g/mol. The molecule has 0 saturated heterocycles. The molecule has 0 aliphatic rings. The van der Waals surface area contributed by atoms with E-state index in [1.165, 1.54) is 16.5 Å². The molecule has 3 aromatic rings. The molecule has 2 aromatic heterocycles. The first-order chi connectivity index (χ1) is 14.8. The van der Waals surface area contributed by atoms with Crippen molar-refractivity contribution in [2.75, 3.05) is 6.61 Å². The van der Waals surface area contributed by atoms with Crippen LogP contribution in [0.2, 0.25) is 0 Å². The number of hydrogen-bond acceptors (Lipinski definition) is 4. The van der Waals surface area contributed by atoms with Crippen LogP contribution in [0.1, 0.15) is 25.8 Å². The Morgan fingerprint density at radius 2 is 2.03 bits per heavy atom. The Hall–Kier alpha value is -3.20. The number of alkyl halides is 3. The minimum atomic E-state index is -4.49. The third-order valence-corrected chi connectivity index (χ3v) is 4.55. The van der Waals surface area contributed by atoms with E-state index in [9.17, 15) is 18.0 Å². The summed E-state index contributed by atoms with van der Waals surface area (Å²) in [6.45, 7) is 4.53. The van der Waals surface area contributed by atoms with Crippen molar-refractivity contribution >= 4 is 11.9 Å². The fraction of sp³-hybridized carbons (Fsp3) is 0.318. The van der Waals surface area contributed by atoms with Gasteiger partial charge in [0.25, 0.3) is 5.65 Å². The van der Waals surface area contributed by atoms with Crippen LogP contribution >= 0.6 is 0 Å². The number of benzene rings is 1. The Bertz CT molecular complexity index is 1130. The van der Waals surface area contributed by atoms with Gasteiger partial charge in [-0.25, -0.2) is 9.36 Å². The fourth-order valence-corrected chi connectivity index (χ4v) is 3.13. The molecule has 1 atom stereocenters. The molecular formula is C22H23F3N3O3+. The molecule has 0 fully saturated rings. The largest absolute Gasteiger partial charge is 0.416 e. The van der Waals surface area contributed by atoms with E-state index in [1.54, 1.807) is 48.3 Å². The van der Waals surface area contributed by atoms with Crippen LogP contribution in [0.25, 0.3) is 16.8 Å². The van der Waals surface area contributed by atoms with E-state index in [1.807, 2.05) is 6.92 Å². The number of oxime groups is 1. The number of aromatic nitrogens is 2. The number of rotatable bonds is 8. The summed E-state index contributed by atoms with van der Waals surface area (Å²) in [5.41, 5.74) is -0.210. The number of halogens is 3. The summed E-state index contributed by atoms with van der Waals surface area (Å²) in [6, 6.07) is 10.0. The third kappa shape index (κ3) is 5.49. The predicted octanol–water partition coefficient (Wildman–Crippen LogP) is 4.05. The van der Waals surface area contributed by atoms with Gasteiger partial charge in [-0.3, -0.25) is 0 Å². The van der Waals surface area contributed by atoms with Crippen molar-refractivity contribution in [1.82, 2.24) is 4.40 Å². The molecule has 0 bridgehead atoms. The lowest BCUT2D eigenvalue weighted by Crippen LogP contribution is -2.40. The molecule has 2 heterocycles. The second-order valence-corrected chi connectivity index (χ2v) is 6.75. The summed E-state index contributed by atoms with van der Waals surface area (Å²) in [4.78, 5) is 18.1. The maximum absolute atomic E-state index is 13.1. The van der Waals surface area contributed by atoms with E-state index in [2.05, 4.69) is 5.16 Å². The van der Waals surface area contributed by atoms with Crippen LogP contribution in [0.5, 0.6) is 0 Å². The van der Waals surface area contributed by atoms with E-state index in [0.717, 1.165) is 12.1 Å². The molecule has 0 aliphatic heterocycles. The zero-order chi connectivity index (χ0) is 22.4. The summed E-state index contributed by atoms with van der Waals surface area (Å²) >= 11 is 0. The normalized spacial score (nSPS) is 13.1. The molecule has 6 nitrogen and oxygen atoms in total. The summed E-state index contributed by atoms with van der Waals surface area (Å²) in [5.74, 6) is 0. The first-order valence-corrected chi connectivity index (χ1v) is 9.82. The standard InChI is InChI=1S/C22H23F3N3O3/c1-3-30-16(2)31-26-11-7-12-27-15-19(21(29)28-13-5-4-10-20(27)28)17-8-6-9-18(14-17)22(23,24)25/h4-6,8-11,13-16H,3,7,12H2,1-2H3/q+1. The Morgan fingerprint density at radius 1 is 1.23 bits per heavy atom. The lowest BCUT2D eigenvalue weighted by atomic mass is 10.1. The van der Waals surface area contributed by atoms with E-state index in [4.69, 9.17) is 9.57 Å². The van der Waals surface area contributed by atoms with E-state index < -0.39 is 23.6 Å². The molecule has 31 heavy (non-hydrogen) atoms. The van der Waals surface area contributed by atoms with Gasteiger partial charge in [-0.15, -0.1) is 0 Å². The van der Waals surface area contributed by atoms with Crippen molar-refractivity contribution in [3.8, 4) is 11.1 Å². The zero-order valence-corrected chi connectivity index (χ0v) is 17.2. The maximum atomic E-state index is 13.1. The van der Waals surface area contributed by atoms with Gasteiger partial charge in [0.1, 0.15) is 11.8 Å². The molecule has 3 rings (SSSR count). The van der Waals surface area contributed by atoms with Gasteiger partial charge in [0.15, 0.2) is 0 Å². The molecule has 1 aromatic carbocycles. The Balaban J connectivity index is 1.93. The molecule has 0 amide bonds. The van der Waals surface area contributed by atoms with E-state index in [-0.39, 0.29) is 11.1 Å². The van der Waals surface area contributed by atoms with Gasteiger partial charge < -0.3 is 9.57 Å². The Kier molecular flexibility index (Phi) is 7.06. The van der Waals surface area contributed by atoms with Gasteiger partial charge in [0.05, 0.1) is 18.3 Å². The number of aryl methyl sites for hydroxylation is 1. The highest BCUT2D eigenvalue weighted by molar-refractivity contribution is 5.63. The van der Waals surface area contributed by atoms with Crippen LogP contribution in [-0.2, 0) is 22.3 Å². The van der Waals surface area contributed by atoms with Crippen molar-refractivity contribution in [3.05, 3.63) is 70.8 Å². The SMILES string of the molecule is CCOC(C)ON=CCC[n+]1cc(-c2cccc(C(F)(F)F)c2)c(=O)n2ccccc21. The van der Waals surface area contributed by atoms with Crippen LogP contribution in [0, 0.1) is 0 Å². The van der Waals surface area contributed by atoms with E-state index in [0.29, 0.717) is 25.2 Å². The van der Waals surface area contributed by atoms with Crippen LogP contribution in [0.4, 0.5) is 13.2 Å². The molecule has 0 saturated carbocycles. The monoisotopic (exact) mass is 434 g/mol. The number of nitrogens with zero attached hydrogens (tertiary/aromatic N) is 3. The van der Waals surface area contributed by atoms with Crippen LogP contribution in [0.15, 0.2) is 64.8 Å². The molecule has 164 valence electrons. The molecule has 0 aliphatic carbocycles. The second kappa shape index (κ2) is 9.74. The van der Waals surface area contributed by atoms with Gasteiger partial charge in [-0.2, -0.15) is 17.6 Å². The van der Waals surface area contributed by atoms with Crippen LogP contribution < -0.4 is 10.1 Å². The van der Waals surface area contributed by atoms with Gasteiger partial charge in [0.2, 0.25) is 6.29 Å². The number of ether oxygens (including phenoxy) is 1. The maximum Gasteiger partial charge on any atom is 0.416 e. The van der Waals surface area contributed by atoms with Gasteiger partial charge >= 0.3 is 11.7 Å². The summed E-state index contributed by atoms with van der Waals surface area (Å²) in [7, 11) is 0. The number of fused-ring (bicyclic) bond motifs is 1. The van der Waals surface area contributed by atoms with Gasteiger partial charge in [0, 0.05) is 32.2 Å². The second-order valence-electron chi connectivity index (χ2n) is 6.75. The fourth-order valence-electron chi connectivity index (χ4n) is 3.13. The average Bonchev–Trinajstić information content (AvgIpc) is 2.75. The first-order valence-electron chi connectivity index (χ1n) is 9.82. The lowest BCUT2D eigenvalue weighted by Gasteiger charge is -2.10. The minimum Gasteiger partial charge on any atom is -0.364 e. The summed E-state index contributed by atoms with van der Waals surface area (Å²) < 4.78 is 47.8. The first kappa shape index (κ1) is 22.5. The molecule has 9 heteroatoms. The molecule has 0 N–H and O–H groups in total.